The van der Waals surface area contributed by atoms with Crippen molar-refractivity contribution in [2.45, 2.75) is 26.3 Å². The third kappa shape index (κ3) is 5.01. The highest BCUT2D eigenvalue weighted by Crippen LogP contribution is 2.23. The average molecular weight is 360 g/mol. The Morgan fingerprint density at radius 1 is 1.33 bits per heavy atom. The molecule has 0 aliphatic carbocycles. The first kappa shape index (κ1) is 20.1. The monoisotopic (exact) mass is 359 g/mol. The molecule has 1 amide bonds. The van der Waals surface area contributed by atoms with Gasteiger partial charge in [-0.05, 0) is 30.5 Å². The van der Waals surface area contributed by atoms with Crippen LogP contribution in [0.2, 0.25) is 0 Å². The van der Waals surface area contributed by atoms with Crippen molar-refractivity contribution in [3.63, 3.8) is 0 Å². The van der Waals surface area contributed by atoms with E-state index in [0.717, 1.165) is 18.2 Å². The van der Waals surface area contributed by atoms with Gasteiger partial charge in [0.1, 0.15) is 17.3 Å². The molecule has 2 rings (SSSR count). The van der Waals surface area contributed by atoms with Crippen molar-refractivity contribution < 1.29 is 18.1 Å². The van der Waals surface area contributed by atoms with Crippen LogP contribution in [0.4, 0.5) is 8.78 Å². The van der Waals surface area contributed by atoms with Gasteiger partial charge in [0.2, 0.25) is 5.76 Å². The predicted octanol–water partition coefficient (Wildman–Crippen LogP) is 3.14. The van der Waals surface area contributed by atoms with E-state index in [2.05, 4.69) is 10.5 Å². The van der Waals surface area contributed by atoms with E-state index >= 15 is 0 Å². The second kappa shape index (κ2) is 8.75. The Balaban J connectivity index is 0.00000288. The summed E-state index contributed by atoms with van der Waals surface area (Å²) in [5.41, 5.74) is 5.89. The quantitative estimate of drug-likeness (QED) is 0.830. The van der Waals surface area contributed by atoms with Gasteiger partial charge in [-0.3, -0.25) is 4.79 Å². The average Bonchev–Trinajstić information content (AvgIpc) is 2.99. The molecule has 0 bridgehead atoms. The Morgan fingerprint density at radius 3 is 2.71 bits per heavy atom. The van der Waals surface area contributed by atoms with Gasteiger partial charge in [-0.15, -0.1) is 12.4 Å². The van der Waals surface area contributed by atoms with Crippen LogP contribution in [0.3, 0.4) is 0 Å². The minimum absolute atomic E-state index is 0. The molecule has 0 radical (unpaired) electrons. The van der Waals surface area contributed by atoms with E-state index in [1.54, 1.807) is 0 Å². The van der Waals surface area contributed by atoms with Crippen LogP contribution in [0.15, 0.2) is 28.8 Å². The Kier molecular flexibility index (Phi) is 7.31. The molecule has 132 valence electrons. The van der Waals surface area contributed by atoms with Crippen LogP contribution >= 0.6 is 12.4 Å². The van der Waals surface area contributed by atoms with E-state index in [0.29, 0.717) is 18.9 Å². The van der Waals surface area contributed by atoms with Gasteiger partial charge in [0, 0.05) is 24.2 Å². The molecule has 0 saturated heterocycles. The molecule has 1 aromatic carbocycles. The number of hydrogen-bond acceptors (Lipinski definition) is 4. The van der Waals surface area contributed by atoms with E-state index in [9.17, 15) is 13.6 Å². The second-order valence-corrected chi connectivity index (χ2v) is 5.65. The number of nitrogens with two attached hydrogens (primary N) is 1. The number of amides is 1. The van der Waals surface area contributed by atoms with Crippen molar-refractivity contribution in [1.82, 2.24) is 10.5 Å². The van der Waals surface area contributed by atoms with Crippen LogP contribution in [-0.4, -0.2) is 23.7 Å². The fourth-order valence-corrected chi connectivity index (χ4v) is 1.98. The normalized spacial score (nSPS) is 11.9. The molecular weight excluding hydrogens is 340 g/mol. The van der Waals surface area contributed by atoms with E-state index < -0.39 is 17.5 Å². The third-order valence-corrected chi connectivity index (χ3v) is 3.56. The minimum atomic E-state index is -0.644. The van der Waals surface area contributed by atoms with Crippen molar-refractivity contribution >= 4 is 18.3 Å². The summed E-state index contributed by atoms with van der Waals surface area (Å²) in [4.78, 5) is 11.9. The highest BCUT2D eigenvalue weighted by Gasteiger charge is 2.17. The SMILES string of the molecule is CC(C)[C@H](N)CCNC(=O)c1cc(-c2cc(F)ccc2F)no1.Cl. The first-order valence-corrected chi connectivity index (χ1v) is 7.34. The molecule has 8 heteroatoms. The summed E-state index contributed by atoms with van der Waals surface area (Å²) in [6, 6.07) is 4.25. The van der Waals surface area contributed by atoms with Crippen LogP contribution in [0, 0.1) is 17.6 Å². The fourth-order valence-electron chi connectivity index (χ4n) is 1.98. The Morgan fingerprint density at radius 2 is 2.04 bits per heavy atom. The van der Waals surface area contributed by atoms with Gasteiger partial charge in [-0.1, -0.05) is 19.0 Å². The van der Waals surface area contributed by atoms with E-state index in [4.69, 9.17) is 10.3 Å². The summed E-state index contributed by atoms with van der Waals surface area (Å²) in [5.74, 6) is -1.47. The van der Waals surface area contributed by atoms with E-state index in [1.165, 1.54) is 6.07 Å². The molecule has 1 atom stereocenters. The molecule has 0 fully saturated rings. The number of halogens is 3. The van der Waals surface area contributed by atoms with Gasteiger partial charge in [-0.2, -0.15) is 0 Å². The lowest BCUT2D eigenvalue weighted by Gasteiger charge is -2.15. The maximum absolute atomic E-state index is 13.7. The zero-order valence-electron chi connectivity index (χ0n) is 13.4. The third-order valence-electron chi connectivity index (χ3n) is 3.56. The molecule has 2 aromatic rings. The topological polar surface area (TPSA) is 81.1 Å². The van der Waals surface area contributed by atoms with Crippen molar-refractivity contribution in [3.8, 4) is 11.3 Å². The number of carbonyl (C=O) groups excluding carboxylic acids is 1. The second-order valence-electron chi connectivity index (χ2n) is 5.65. The molecule has 0 aliphatic heterocycles. The number of benzene rings is 1. The Bertz CT molecular complexity index is 692. The maximum Gasteiger partial charge on any atom is 0.289 e. The fraction of sp³-hybridized carbons (Fsp3) is 0.375. The van der Waals surface area contributed by atoms with Crippen molar-refractivity contribution in [1.29, 1.82) is 0 Å². The number of nitrogens with one attached hydrogen (secondary N) is 1. The van der Waals surface area contributed by atoms with Gasteiger partial charge in [0.25, 0.3) is 5.91 Å². The molecule has 5 nitrogen and oxygen atoms in total. The smallest absolute Gasteiger partial charge is 0.289 e. The van der Waals surface area contributed by atoms with Gasteiger partial charge in [-0.25, -0.2) is 8.78 Å². The van der Waals surface area contributed by atoms with Crippen LogP contribution in [-0.2, 0) is 0 Å². The lowest BCUT2D eigenvalue weighted by molar-refractivity contribution is 0.0915. The van der Waals surface area contributed by atoms with Crippen LogP contribution in [0.25, 0.3) is 11.3 Å². The first-order valence-electron chi connectivity index (χ1n) is 7.34. The Hall–Kier alpha value is -1.99. The minimum Gasteiger partial charge on any atom is -0.350 e. The summed E-state index contributed by atoms with van der Waals surface area (Å²) >= 11 is 0. The summed E-state index contributed by atoms with van der Waals surface area (Å²) < 4.78 is 31.8. The van der Waals surface area contributed by atoms with Gasteiger partial charge in [0.05, 0.1) is 0 Å². The van der Waals surface area contributed by atoms with Gasteiger partial charge >= 0.3 is 0 Å². The van der Waals surface area contributed by atoms with E-state index in [1.807, 2.05) is 13.8 Å². The standard InChI is InChI=1S/C16H19F2N3O2.ClH/c1-9(2)13(19)5-6-20-16(22)15-8-14(21-23-15)11-7-10(17)3-4-12(11)18;/h3-4,7-9,13H,5-6,19H2,1-2H3,(H,20,22);1H/t13-;/m1./s1. The molecule has 0 unspecified atom stereocenters. The number of hydrogen-bond donors (Lipinski definition) is 2. The summed E-state index contributed by atoms with van der Waals surface area (Å²) in [5, 5.41) is 6.27. The Labute approximate surface area is 145 Å². The highest BCUT2D eigenvalue weighted by molar-refractivity contribution is 5.92. The van der Waals surface area contributed by atoms with Crippen LogP contribution in [0.5, 0.6) is 0 Å². The van der Waals surface area contributed by atoms with Gasteiger partial charge in [0.15, 0.2) is 0 Å². The van der Waals surface area contributed by atoms with Crippen LogP contribution in [0.1, 0.15) is 30.8 Å². The molecule has 0 aliphatic rings. The number of carbonyl (C=O) groups is 1. The van der Waals surface area contributed by atoms with Gasteiger partial charge < -0.3 is 15.6 Å². The molecule has 3 N–H and O–H groups in total. The van der Waals surface area contributed by atoms with Crippen molar-refractivity contribution in [3.05, 3.63) is 41.7 Å². The van der Waals surface area contributed by atoms with Crippen LogP contribution < -0.4 is 11.1 Å². The molecule has 1 heterocycles. The predicted molar refractivity (Wildman–Crippen MR) is 88.9 cm³/mol. The van der Waals surface area contributed by atoms with Crippen molar-refractivity contribution in [2.75, 3.05) is 6.54 Å². The molecule has 24 heavy (non-hydrogen) atoms. The summed E-state index contributed by atoms with van der Waals surface area (Å²) in [6.07, 6.45) is 0.628. The number of aromatic nitrogens is 1. The summed E-state index contributed by atoms with van der Waals surface area (Å²) in [7, 11) is 0. The lowest BCUT2D eigenvalue weighted by atomic mass is 10.0. The number of rotatable bonds is 6. The first-order chi connectivity index (χ1) is 10.9. The molecule has 0 spiro atoms. The molecular formula is C16H20ClF2N3O2. The highest BCUT2D eigenvalue weighted by atomic mass is 35.5. The molecule has 0 saturated carbocycles. The maximum atomic E-state index is 13.7. The van der Waals surface area contributed by atoms with E-state index in [-0.39, 0.29) is 35.5 Å². The largest absolute Gasteiger partial charge is 0.350 e. The molecule has 1 aromatic heterocycles. The zero-order valence-corrected chi connectivity index (χ0v) is 14.2. The lowest BCUT2D eigenvalue weighted by Crippen LogP contribution is -2.33. The van der Waals surface area contributed by atoms with Crippen molar-refractivity contribution in [2.24, 2.45) is 11.7 Å². The zero-order chi connectivity index (χ0) is 17.0. The summed E-state index contributed by atoms with van der Waals surface area (Å²) in [6.45, 7) is 4.40. The number of nitrogens with zero attached hydrogens (tertiary/aromatic N) is 1.